The molecule has 0 aliphatic heterocycles. The Morgan fingerprint density at radius 3 is 2.55 bits per heavy atom. The fraction of sp³-hybridized carbons (Fsp3) is 0.320. The quantitative estimate of drug-likeness (QED) is 0.330. The van der Waals surface area contributed by atoms with Crippen LogP contribution in [0.15, 0.2) is 66.0 Å². The van der Waals surface area contributed by atoms with E-state index in [0.29, 0.717) is 28.4 Å². The van der Waals surface area contributed by atoms with Crippen molar-refractivity contribution in [2.75, 3.05) is 0 Å². The van der Waals surface area contributed by atoms with E-state index in [1.54, 1.807) is 37.3 Å². The van der Waals surface area contributed by atoms with E-state index in [9.17, 15) is 30.4 Å². The van der Waals surface area contributed by atoms with Gasteiger partial charge in [0, 0.05) is 42.1 Å². The first kappa shape index (κ1) is 26.2. The number of sulfonamides is 1. The topological polar surface area (TPSA) is 89.8 Å². The molecule has 2 unspecified atom stereocenters. The first-order chi connectivity index (χ1) is 17.8. The summed E-state index contributed by atoms with van der Waals surface area (Å²) in [4.78, 5) is 3.57. The molecule has 2 aromatic heterocycles. The number of aryl methyl sites for hydroxylation is 1. The molecule has 0 amide bonds. The third kappa shape index (κ3) is 5.25. The first-order valence-corrected chi connectivity index (χ1v) is 13.1. The lowest BCUT2D eigenvalue weighted by Crippen LogP contribution is -2.45. The molecule has 2 atom stereocenters. The summed E-state index contributed by atoms with van der Waals surface area (Å²) >= 11 is 0. The lowest BCUT2D eigenvalue weighted by Gasteiger charge is -2.35. The molecule has 1 fully saturated rings. The Morgan fingerprint density at radius 1 is 1.08 bits per heavy atom. The number of benzene rings is 2. The van der Waals surface area contributed by atoms with Crippen molar-refractivity contribution in [1.82, 2.24) is 24.5 Å². The first-order valence-electron chi connectivity index (χ1n) is 11.7. The largest absolute Gasteiger partial charge is 0.416 e. The third-order valence-electron chi connectivity index (χ3n) is 6.59. The molecule has 4 aromatic rings. The van der Waals surface area contributed by atoms with Gasteiger partial charge in [0.1, 0.15) is 12.2 Å². The number of alkyl halides is 5. The smallest absolute Gasteiger partial charge is 0.314 e. The highest BCUT2D eigenvalue weighted by Crippen LogP contribution is 2.41. The highest BCUT2D eigenvalue weighted by Gasteiger charge is 2.44. The summed E-state index contributed by atoms with van der Waals surface area (Å²) in [5.74, 6) is -2.82. The Bertz CT molecular complexity index is 1600. The normalized spacial score (nSPS) is 20.1. The molecule has 0 spiro atoms. The van der Waals surface area contributed by atoms with E-state index in [2.05, 4.69) is 19.9 Å². The van der Waals surface area contributed by atoms with Gasteiger partial charge in [0.2, 0.25) is 10.0 Å². The molecular weight excluding hydrogens is 529 g/mol. The van der Waals surface area contributed by atoms with Gasteiger partial charge in [-0.3, -0.25) is 4.98 Å². The zero-order chi connectivity index (χ0) is 27.3. The van der Waals surface area contributed by atoms with Gasteiger partial charge >= 0.3 is 6.18 Å². The standard InChI is InChI=1S/C25H22F5N5O2S/c1-15-33-32-14-35(15)20-11-19(12-24(26,27)13-20)34-38(36,37)21-9-17(8-18(10-21)25(28,29)30)22-6-2-4-16-5-3-7-31-23(16)22/h2-10,14,19-20,34H,11-13H2,1H3. The van der Waals surface area contributed by atoms with Gasteiger partial charge in [-0.1, -0.05) is 24.3 Å². The van der Waals surface area contributed by atoms with Crippen LogP contribution >= 0.6 is 0 Å². The van der Waals surface area contributed by atoms with Crippen LogP contribution in [0.25, 0.3) is 22.0 Å². The molecule has 0 radical (unpaired) electrons. The van der Waals surface area contributed by atoms with Crippen LogP contribution in [-0.4, -0.2) is 40.1 Å². The molecule has 2 heterocycles. The molecule has 2 aromatic carbocycles. The lowest BCUT2D eigenvalue weighted by atomic mass is 9.88. The minimum atomic E-state index is -4.85. The summed E-state index contributed by atoms with van der Waals surface area (Å²) in [6.45, 7) is 1.59. The Hall–Kier alpha value is -3.45. The fourth-order valence-corrected chi connectivity index (χ4v) is 6.26. The number of nitrogens with one attached hydrogen (secondary N) is 1. The molecule has 1 aliphatic carbocycles. The van der Waals surface area contributed by atoms with Crippen LogP contribution in [0, 0.1) is 6.92 Å². The van der Waals surface area contributed by atoms with Crippen molar-refractivity contribution < 1.29 is 30.4 Å². The molecule has 1 saturated carbocycles. The molecule has 13 heteroatoms. The van der Waals surface area contributed by atoms with Gasteiger partial charge in [0.15, 0.2) is 0 Å². The van der Waals surface area contributed by atoms with Gasteiger partial charge in [-0.05, 0) is 43.2 Å². The van der Waals surface area contributed by atoms with Crippen molar-refractivity contribution in [2.24, 2.45) is 0 Å². The zero-order valence-electron chi connectivity index (χ0n) is 20.0. The molecule has 7 nitrogen and oxygen atoms in total. The van der Waals surface area contributed by atoms with Crippen molar-refractivity contribution in [2.45, 2.75) is 55.3 Å². The number of aromatic nitrogens is 4. The summed E-state index contributed by atoms with van der Waals surface area (Å²) in [6.07, 6.45) is -3.41. The second-order valence-electron chi connectivity index (χ2n) is 9.38. The summed E-state index contributed by atoms with van der Waals surface area (Å²) in [7, 11) is -4.62. The van der Waals surface area contributed by atoms with Gasteiger partial charge < -0.3 is 4.57 Å². The minimum absolute atomic E-state index is 0.00718. The van der Waals surface area contributed by atoms with Crippen molar-refractivity contribution >= 4 is 20.9 Å². The van der Waals surface area contributed by atoms with E-state index >= 15 is 0 Å². The van der Waals surface area contributed by atoms with Gasteiger partial charge in [-0.15, -0.1) is 10.2 Å². The maximum atomic E-state index is 14.6. The molecule has 1 N–H and O–H groups in total. The Kier molecular flexibility index (Phi) is 6.46. The van der Waals surface area contributed by atoms with E-state index in [0.717, 1.165) is 12.1 Å². The van der Waals surface area contributed by atoms with Gasteiger partial charge in [0.25, 0.3) is 5.92 Å². The number of hydrogen-bond donors (Lipinski definition) is 1. The zero-order valence-corrected chi connectivity index (χ0v) is 20.8. The molecule has 5 rings (SSSR count). The molecular formula is C25H22F5N5O2S. The number of rotatable bonds is 5. The average molecular weight is 552 g/mol. The van der Waals surface area contributed by atoms with Crippen LogP contribution in [0.5, 0.6) is 0 Å². The Morgan fingerprint density at radius 2 is 1.84 bits per heavy atom. The molecule has 38 heavy (non-hydrogen) atoms. The van der Waals surface area contributed by atoms with Crippen LogP contribution in [0.2, 0.25) is 0 Å². The van der Waals surface area contributed by atoms with E-state index in [-0.39, 0.29) is 12.0 Å². The predicted molar refractivity (Wildman–Crippen MR) is 129 cm³/mol. The number of nitrogens with zero attached hydrogens (tertiary/aromatic N) is 4. The highest BCUT2D eigenvalue weighted by atomic mass is 32.2. The van der Waals surface area contributed by atoms with Crippen molar-refractivity contribution in [3.8, 4) is 11.1 Å². The monoisotopic (exact) mass is 551 g/mol. The van der Waals surface area contributed by atoms with Crippen molar-refractivity contribution in [3.05, 3.63) is 72.4 Å². The number of hydrogen-bond acceptors (Lipinski definition) is 5. The number of fused-ring (bicyclic) bond motifs is 1. The van der Waals surface area contributed by atoms with Crippen LogP contribution in [0.1, 0.15) is 36.7 Å². The van der Waals surface area contributed by atoms with E-state index < -0.39 is 57.5 Å². The van der Waals surface area contributed by atoms with Gasteiger partial charge in [0.05, 0.1) is 16.0 Å². The van der Waals surface area contributed by atoms with Crippen LogP contribution in [0.3, 0.4) is 0 Å². The molecule has 1 aliphatic rings. The second-order valence-corrected chi connectivity index (χ2v) is 11.1. The van der Waals surface area contributed by atoms with E-state index in [4.69, 9.17) is 0 Å². The van der Waals surface area contributed by atoms with Crippen LogP contribution in [0.4, 0.5) is 22.0 Å². The summed E-state index contributed by atoms with van der Waals surface area (Å²) < 4.78 is 101. The van der Waals surface area contributed by atoms with Gasteiger partial charge in [-0.2, -0.15) is 13.2 Å². The lowest BCUT2D eigenvalue weighted by molar-refractivity contribution is -0.137. The maximum absolute atomic E-state index is 14.6. The highest BCUT2D eigenvalue weighted by molar-refractivity contribution is 7.89. The third-order valence-corrected chi connectivity index (χ3v) is 8.09. The number of pyridine rings is 1. The second kappa shape index (κ2) is 9.38. The average Bonchev–Trinajstić information content (AvgIpc) is 3.27. The molecule has 0 bridgehead atoms. The fourth-order valence-electron chi connectivity index (χ4n) is 4.94. The Labute approximate surface area is 214 Å². The van der Waals surface area contributed by atoms with Gasteiger partial charge in [-0.25, -0.2) is 21.9 Å². The number of halogens is 5. The molecule has 200 valence electrons. The van der Waals surface area contributed by atoms with Crippen molar-refractivity contribution in [3.63, 3.8) is 0 Å². The number of para-hydroxylation sites is 1. The maximum Gasteiger partial charge on any atom is 0.416 e. The summed E-state index contributed by atoms with van der Waals surface area (Å²) in [5.41, 5.74) is -0.505. The van der Waals surface area contributed by atoms with E-state index in [1.165, 1.54) is 17.1 Å². The summed E-state index contributed by atoms with van der Waals surface area (Å²) in [5, 5.41) is 8.16. The minimum Gasteiger partial charge on any atom is -0.314 e. The predicted octanol–water partition coefficient (Wildman–Crippen LogP) is 5.53. The summed E-state index contributed by atoms with van der Waals surface area (Å²) in [6, 6.07) is 8.75. The SMILES string of the molecule is Cc1nncn1C1CC(NS(=O)(=O)c2cc(-c3cccc4cccnc34)cc(C(F)(F)F)c2)CC(F)(F)C1. The van der Waals surface area contributed by atoms with E-state index in [1.807, 2.05) is 0 Å². The molecule has 0 saturated heterocycles. The van der Waals surface area contributed by atoms with Crippen LogP contribution < -0.4 is 4.72 Å². The Balaban J connectivity index is 1.54. The van der Waals surface area contributed by atoms with Crippen LogP contribution in [-0.2, 0) is 16.2 Å². The van der Waals surface area contributed by atoms with Crippen molar-refractivity contribution in [1.29, 1.82) is 0 Å².